The Morgan fingerprint density at radius 2 is 1.52 bits per heavy atom. The molecule has 1 heterocycles. The van der Waals surface area contributed by atoms with Crippen LogP contribution >= 0.6 is 0 Å². The summed E-state index contributed by atoms with van der Waals surface area (Å²) in [6.07, 6.45) is 0. The summed E-state index contributed by atoms with van der Waals surface area (Å²) in [5, 5.41) is 1.17. The Hall–Kier alpha value is -2.86. The van der Waals surface area contributed by atoms with Crippen molar-refractivity contribution >= 4 is 22.3 Å². The van der Waals surface area contributed by atoms with Gasteiger partial charge in [-0.1, -0.05) is 0 Å². The molecule has 0 atom stereocenters. The topological polar surface area (TPSA) is 45.1 Å². The molecule has 6 heteroatoms. The molecule has 0 radical (unpaired) electrons. The van der Waals surface area contributed by atoms with Gasteiger partial charge >= 0.3 is 0 Å². The lowest BCUT2D eigenvalue weighted by Gasteiger charge is -2.22. The Kier molecular flexibility index (Phi) is 5.46. The molecule has 0 bridgehead atoms. The highest BCUT2D eigenvalue weighted by molar-refractivity contribution is 5.86. The molecular weight excluding hydrogens is 344 g/mol. The van der Waals surface area contributed by atoms with Gasteiger partial charge in [0.25, 0.3) is 0 Å². The Balaban J connectivity index is 2.03. The molecule has 0 N–H and O–H groups in total. The third-order valence-corrected chi connectivity index (χ3v) is 4.84. The maximum atomic E-state index is 5.47. The zero-order valence-electron chi connectivity index (χ0n) is 16.7. The second-order valence-electron chi connectivity index (χ2n) is 6.31. The lowest BCUT2D eigenvalue weighted by atomic mass is 10.2. The van der Waals surface area contributed by atoms with Gasteiger partial charge in [-0.25, -0.2) is 0 Å². The zero-order chi connectivity index (χ0) is 19.6. The number of hydrogen-bond acceptors (Lipinski definition) is 5. The van der Waals surface area contributed by atoms with E-state index in [0.717, 1.165) is 17.1 Å². The van der Waals surface area contributed by atoms with Gasteiger partial charge in [-0.15, -0.1) is 0 Å². The van der Waals surface area contributed by atoms with E-state index in [0.29, 0.717) is 23.9 Å². The van der Waals surface area contributed by atoms with Crippen LogP contribution in [0.25, 0.3) is 10.9 Å². The van der Waals surface area contributed by atoms with Gasteiger partial charge in [-0.05, 0) is 24.3 Å². The lowest BCUT2D eigenvalue weighted by Crippen LogP contribution is -2.10. The molecule has 1 aromatic heterocycles. The second-order valence-corrected chi connectivity index (χ2v) is 6.31. The van der Waals surface area contributed by atoms with Crippen LogP contribution in [0.1, 0.15) is 5.69 Å². The predicted octanol–water partition coefficient (Wildman–Crippen LogP) is 4.12. The van der Waals surface area contributed by atoms with Gasteiger partial charge in [-0.2, -0.15) is 0 Å². The van der Waals surface area contributed by atoms with Crippen LogP contribution in [0.15, 0.2) is 36.4 Å². The van der Waals surface area contributed by atoms with Crippen molar-refractivity contribution < 1.29 is 18.9 Å². The zero-order valence-corrected chi connectivity index (χ0v) is 16.7. The maximum Gasteiger partial charge on any atom is 0.203 e. The van der Waals surface area contributed by atoms with E-state index in [2.05, 4.69) is 40.8 Å². The SMILES string of the molecule is COCc1cc2cc(N(C)c3cc(OC)c(OC)c(OC)c3)ccc2n1C. The van der Waals surface area contributed by atoms with Crippen LogP contribution in [0.2, 0.25) is 0 Å². The highest BCUT2D eigenvalue weighted by Crippen LogP contribution is 2.42. The first-order chi connectivity index (χ1) is 13.0. The largest absolute Gasteiger partial charge is 0.493 e. The minimum absolute atomic E-state index is 0.583. The number of aryl methyl sites for hydroxylation is 1. The average Bonchev–Trinajstić information content (AvgIpc) is 3.01. The summed E-state index contributed by atoms with van der Waals surface area (Å²) in [5.41, 5.74) is 4.31. The highest BCUT2D eigenvalue weighted by Gasteiger charge is 2.16. The smallest absolute Gasteiger partial charge is 0.203 e. The van der Waals surface area contributed by atoms with Crippen LogP contribution in [0.5, 0.6) is 17.2 Å². The fourth-order valence-corrected chi connectivity index (χ4v) is 3.30. The molecule has 0 aliphatic carbocycles. The van der Waals surface area contributed by atoms with Crippen molar-refractivity contribution in [3.05, 3.63) is 42.1 Å². The van der Waals surface area contributed by atoms with Crippen LogP contribution in [0, 0.1) is 0 Å². The molecule has 0 fully saturated rings. The normalized spacial score (nSPS) is 10.9. The van der Waals surface area contributed by atoms with Crippen molar-refractivity contribution in [1.82, 2.24) is 4.57 Å². The highest BCUT2D eigenvalue weighted by atomic mass is 16.5. The maximum absolute atomic E-state index is 5.47. The quantitative estimate of drug-likeness (QED) is 0.626. The third kappa shape index (κ3) is 3.40. The fraction of sp³-hybridized carbons (Fsp3) is 0.333. The van der Waals surface area contributed by atoms with Crippen LogP contribution in [0.3, 0.4) is 0 Å². The Morgan fingerprint density at radius 1 is 0.852 bits per heavy atom. The molecule has 0 saturated heterocycles. The summed E-state index contributed by atoms with van der Waals surface area (Å²) in [6.45, 7) is 0.587. The molecule has 3 rings (SSSR count). The third-order valence-electron chi connectivity index (χ3n) is 4.84. The summed E-state index contributed by atoms with van der Waals surface area (Å²) in [4.78, 5) is 2.09. The van der Waals surface area contributed by atoms with Gasteiger partial charge in [0, 0.05) is 61.3 Å². The summed E-state index contributed by atoms with van der Waals surface area (Å²) in [6, 6.07) is 12.4. The number of hydrogen-bond donors (Lipinski definition) is 0. The molecule has 2 aromatic carbocycles. The van der Waals surface area contributed by atoms with E-state index >= 15 is 0 Å². The number of nitrogens with zero attached hydrogens (tertiary/aromatic N) is 2. The first kappa shape index (κ1) is 18.9. The van der Waals surface area contributed by atoms with Crippen LogP contribution in [-0.4, -0.2) is 40.1 Å². The summed E-state index contributed by atoms with van der Waals surface area (Å²) in [5.74, 6) is 1.84. The van der Waals surface area contributed by atoms with Crippen molar-refractivity contribution in [2.24, 2.45) is 7.05 Å². The van der Waals surface area contributed by atoms with Gasteiger partial charge in [0.05, 0.1) is 27.9 Å². The minimum atomic E-state index is 0.583. The molecule has 3 aromatic rings. The van der Waals surface area contributed by atoms with Crippen LogP contribution < -0.4 is 19.1 Å². The van der Waals surface area contributed by atoms with Gasteiger partial charge in [0.1, 0.15) is 0 Å². The summed E-state index contributed by atoms with van der Waals surface area (Å²) in [7, 11) is 10.6. The van der Waals surface area contributed by atoms with E-state index in [1.165, 1.54) is 10.9 Å². The Labute approximate surface area is 159 Å². The number of aromatic nitrogens is 1. The van der Waals surface area contributed by atoms with Crippen molar-refractivity contribution in [3.63, 3.8) is 0 Å². The molecule has 27 heavy (non-hydrogen) atoms. The molecule has 0 spiro atoms. The van der Waals surface area contributed by atoms with E-state index in [4.69, 9.17) is 18.9 Å². The number of methoxy groups -OCH3 is 4. The number of ether oxygens (including phenoxy) is 4. The fourth-order valence-electron chi connectivity index (χ4n) is 3.30. The van der Waals surface area contributed by atoms with Gasteiger partial charge in [0.15, 0.2) is 11.5 Å². The monoisotopic (exact) mass is 370 g/mol. The lowest BCUT2D eigenvalue weighted by molar-refractivity contribution is 0.179. The van der Waals surface area contributed by atoms with E-state index in [1.54, 1.807) is 28.4 Å². The first-order valence-electron chi connectivity index (χ1n) is 8.65. The number of anilines is 2. The van der Waals surface area contributed by atoms with E-state index < -0.39 is 0 Å². The molecular formula is C21H26N2O4. The van der Waals surface area contributed by atoms with Crippen molar-refractivity contribution in [2.75, 3.05) is 40.4 Å². The molecule has 0 unspecified atom stereocenters. The van der Waals surface area contributed by atoms with Gasteiger partial charge in [-0.3, -0.25) is 0 Å². The minimum Gasteiger partial charge on any atom is -0.493 e. The molecule has 0 aliphatic heterocycles. The molecule has 0 aliphatic rings. The Bertz CT molecular complexity index is 924. The summed E-state index contributed by atoms with van der Waals surface area (Å²) < 4.78 is 23.8. The summed E-state index contributed by atoms with van der Waals surface area (Å²) >= 11 is 0. The number of rotatable bonds is 7. The predicted molar refractivity (Wildman–Crippen MR) is 108 cm³/mol. The van der Waals surface area contributed by atoms with E-state index in [1.807, 2.05) is 19.2 Å². The molecule has 0 amide bonds. The number of fused-ring (bicyclic) bond motifs is 1. The van der Waals surface area contributed by atoms with Crippen molar-refractivity contribution in [2.45, 2.75) is 6.61 Å². The van der Waals surface area contributed by atoms with Crippen LogP contribution in [-0.2, 0) is 18.4 Å². The van der Waals surface area contributed by atoms with Gasteiger partial charge < -0.3 is 28.4 Å². The Morgan fingerprint density at radius 3 is 2.07 bits per heavy atom. The van der Waals surface area contributed by atoms with E-state index in [9.17, 15) is 0 Å². The first-order valence-corrected chi connectivity index (χ1v) is 8.65. The van der Waals surface area contributed by atoms with Crippen molar-refractivity contribution in [3.8, 4) is 17.2 Å². The average molecular weight is 370 g/mol. The second kappa shape index (κ2) is 7.80. The van der Waals surface area contributed by atoms with Crippen LogP contribution in [0.4, 0.5) is 11.4 Å². The van der Waals surface area contributed by atoms with Crippen molar-refractivity contribution in [1.29, 1.82) is 0 Å². The van der Waals surface area contributed by atoms with E-state index in [-0.39, 0.29) is 0 Å². The number of benzene rings is 2. The molecule has 144 valence electrons. The molecule has 0 saturated carbocycles. The molecule has 6 nitrogen and oxygen atoms in total. The van der Waals surface area contributed by atoms with Gasteiger partial charge in [0.2, 0.25) is 5.75 Å². The standard InChI is InChI=1S/C21H26N2O4/c1-22(16-11-19(25-4)21(27-6)20(12-16)26-5)15-7-8-18-14(9-15)10-17(13-24-3)23(18)2/h7-12H,13H2,1-6H3.